The van der Waals surface area contributed by atoms with Crippen molar-refractivity contribution in [1.82, 2.24) is 0 Å². The molecule has 89 heavy (non-hydrogen) atoms. The summed E-state index contributed by atoms with van der Waals surface area (Å²) in [7, 11) is -9.89. The van der Waals surface area contributed by atoms with E-state index in [4.69, 9.17) is 37.0 Å². The van der Waals surface area contributed by atoms with Crippen molar-refractivity contribution >= 4 is 39.5 Å². The Balaban J connectivity index is 5.10. The minimum absolute atomic E-state index is 0.106. The van der Waals surface area contributed by atoms with Crippen LogP contribution >= 0.6 is 15.6 Å². The van der Waals surface area contributed by atoms with E-state index in [-0.39, 0.29) is 25.7 Å². The summed E-state index contributed by atoms with van der Waals surface area (Å²) >= 11 is 0. The molecule has 0 bridgehead atoms. The van der Waals surface area contributed by atoms with Gasteiger partial charge in [0.15, 0.2) is 12.2 Å². The summed E-state index contributed by atoms with van der Waals surface area (Å²) in [4.78, 5) is 72.2. The van der Waals surface area contributed by atoms with Crippen LogP contribution in [0.3, 0.4) is 0 Å². The molecule has 0 aliphatic heterocycles. The van der Waals surface area contributed by atoms with Gasteiger partial charge in [0.25, 0.3) is 0 Å². The highest BCUT2D eigenvalue weighted by atomic mass is 31.2. The maximum absolute atomic E-state index is 13.0. The van der Waals surface area contributed by atoms with E-state index in [2.05, 4.69) is 34.6 Å². The topological polar surface area (TPSA) is 237 Å². The molecular weight excluding hydrogens is 1170 g/mol. The Bertz CT molecular complexity index is 1720. The minimum Gasteiger partial charge on any atom is -0.462 e. The standard InChI is InChI=1S/C70H136O17P2/c1-6-9-12-15-17-19-21-28-32-36-39-44-49-54-68(73)81-60-66(87-70(75)56-51-46-41-37-33-30-27-25-23-22-24-26-29-31-34-38-43-47-52-63(4)5)62-85-89(78,79)83-58-64(71)57-82-88(76,77)84-61-65(59-80-67(72)53-48-42-14-11-8-3)86-69(74)55-50-45-40-35-20-18-16-13-10-7-2/h63-66,71H,6-62H2,1-5H3,(H,76,77)(H,78,79)/t64-,65+,66+/m0/s1. The van der Waals surface area contributed by atoms with Crippen molar-refractivity contribution in [1.29, 1.82) is 0 Å². The highest BCUT2D eigenvalue weighted by molar-refractivity contribution is 7.47. The second-order valence-electron chi connectivity index (χ2n) is 25.7. The summed E-state index contributed by atoms with van der Waals surface area (Å²) in [5, 5.41) is 10.5. The number of phosphoric acid groups is 2. The number of aliphatic hydroxyl groups is 1. The van der Waals surface area contributed by atoms with Crippen LogP contribution in [0.5, 0.6) is 0 Å². The number of hydrogen-bond acceptors (Lipinski definition) is 15. The molecule has 0 rings (SSSR count). The maximum Gasteiger partial charge on any atom is 0.472 e. The van der Waals surface area contributed by atoms with Crippen LogP contribution < -0.4 is 0 Å². The monoisotopic (exact) mass is 1310 g/mol. The first kappa shape index (κ1) is 87.1. The van der Waals surface area contributed by atoms with E-state index in [0.717, 1.165) is 102 Å². The van der Waals surface area contributed by atoms with Crippen molar-refractivity contribution in [2.24, 2.45) is 5.92 Å². The Morgan fingerprint density at radius 2 is 0.517 bits per heavy atom. The van der Waals surface area contributed by atoms with Gasteiger partial charge in [-0.05, 0) is 31.6 Å². The highest BCUT2D eigenvalue weighted by Gasteiger charge is 2.30. The predicted octanol–water partition coefficient (Wildman–Crippen LogP) is 20.1. The van der Waals surface area contributed by atoms with Crippen molar-refractivity contribution in [3.05, 3.63) is 0 Å². The van der Waals surface area contributed by atoms with E-state index in [1.165, 1.54) is 180 Å². The fraction of sp³-hybridized carbons (Fsp3) is 0.943. The summed E-state index contributed by atoms with van der Waals surface area (Å²) < 4.78 is 68.0. The molecule has 0 aliphatic rings. The van der Waals surface area contributed by atoms with Gasteiger partial charge in [-0.2, -0.15) is 0 Å². The number of esters is 4. The number of unbranched alkanes of at least 4 members (excludes halogenated alkanes) is 42. The van der Waals surface area contributed by atoms with Gasteiger partial charge in [-0.25, -0.2) is 9.13 Å². The molecule has 0 aliphatic carbocycles. The lowest BCUT2D eigenvalue weighted by Crippen LogP contribution is -2.30. The molecule has 3 N–H and O–H groups in total. The van der Waals surface area contributed by atoms with E-state index >= 15 is 0 Å². The number of aliphatic hydroxyl groups excluding tert-OH is 1. The number of carbonyl (C=O) groups is 4. The SMILES string of the molecule is CCCCCCCCCCCCCCCC(=O)OC[C@H](COP(=O)(O)OC[C@@H](O)COP(=O)(O)OC[C@@H](COC(=O)CCCCCCC)OC(=O)CCCCCCCCCCCC)OC(=O)CCCCCCCCCCCCCCCCCCCCC(C)C. The van der Waals surface area contributed by atoms with Gasteiger partial charge in [0.2, 0.25) is 0 Å². The largest absolute Gasteiger partial charge is 0.472 e. The first-order chi connectivity index (χ1) is 43.0. The molecule has 19 heteroatoms. The van der Waals surface area contributed by atoms with Crippen molar-refractivity contribution in [2.45, 2.75) is 380 Å². The number of hydrogen-bond donors (Lipinski definition) is 3. The Hall–Kier alpha value is -1.94. The van der Waals surface area contributed by atoms with Gasteiger partial charge < -0.3 is 33.8 Å². The number of ether oxygens (including phenoxy) is 4. The fourth-order valence-corrected chi connectivity index (χ4v) is 12.2. The molecule has 0 aromatic carbocycles. The first-order valence-electron chi connectivity index (χ1n) is 36.6. The molecule has 0 fully saturated rings. The molecular formula is C70H136O17P2. The smallest absolute Gasteiger partial charge is 0.462 e. The molecule has 0 amide bonds. The highest BCUT2D eigenvalue weighted by Crippen LogP contribution is 2.45. The lowest BCUT2D eigenvalue weighted by atomic mass is 10.0. The zero-order chi connectivity index (χ0) is 65.6. The molecule has 0 heterocycles. The van der Waals surface area contributed by atoms with Gasteiger partial charge in [0, 0.05) is 25.7 Å². The normalized spacial score (nSPS) is 14.1. The first-order valence-corrected chi connectivity index (χ1v) is 39.6. The molecule has 0 spiro atoms. The van der Waals surface area contributed by atoms with E-state index in [9.17, 15) is 43.2 Å². The van der Waals surface area contributed by atoms with Gasteiger partial charge >= 0.3 is 39.5 Å². The van der Waals surface area contributed by atoms with Crippen molar-refractivity contribution in [2.75, 3.05) is 39.6 Å². The molecule has 0 radical (unpaired) electrons. The summed E-state index contributed by atoms with van der Waals surface area (Å²) in [6.45, 7) is 7.18. The van der Waals surface area contributed by atoms with Crippen LogP contribution in [0.15, 0.2) is 0 Å². The van der Waals surface area contributed by atoms with E-state index in [1.54, 1.807) is 0 Å². The third kappa shape index (κ3) is 64.6. The Morgan fingerprint density at radius 3 is 0.764 bits per heavy atom. The average molecular weight is 1310 g/mol. The zero-order valence-electron chi connectivity index (χ0n) is 57.6. The lowest BCUT2D eigenvalue weighted by molar-refractivity contribution is -0.161. The zero-order valence-corrected chi connectivity index (χ0v) is 59.4. The molecule has 0 aromatic rings. The van der Waals surface area contributed by atoms with Gasteiger partial charge in [0.1, 0.15) is 19.3 Å². The van der Waals surface area contributed by atoms with Gasteiger partial charge in [-0.15, -0.1) is 0 Å². The lowest BCUT2D eigenvalue weighted by Gasteiger charge is -2.21. The fourth-order valence-electron chi connectivity index (χ4n) is 10.6. The summed E-state index contributed by atoms with van der Waals surface area (Å²) in [6, 6.07) is 0. The van der Waals surface area contributed by atoms with Crippen LogP contribution in [-0.4, -0.2) is 96.7 Å². The summed E-state index contributed by atoms with van der Waals surface area (Å²) in [6.07, 6.45) is 50.4. The van der Waals surface area contributed by atoms with Crippen LogP contribution in [0, 0.1) is 5.92 Å². The summed E-state index contributed by atoms with van der Waals surface area (Å²) in [5.74, 6) is -1.31. The quantitative estimate of drug-likeness (QED) is 0.0222. The second kappa shape index (κ2) is 63.5. The minimum atomic E-state index is -4.95. The molecule has 0 saturated carbocycles. The van der Waals surface area contributed by atoms with Crippen LogP contribution in [0.1, 0.15) is 362 Å². The van der Waals surface area contributed by atoms with Gasteiger partial charge in [0.05, 0.1) is 26.4 Å². The van der Waals surface area contributed by atoms with Crippen LogP contribution in [0.25, 0.3) is 0 Å². The van der Waals surface area contributed by atoms with Gasteiger partial charge in [-0.3, -0.25) is 37.3 Å². The molecule has 5 atom stereocenters. The van der Waals surface area contributed by atoms with Crippen LogP contribution in [0.4, 0.5) is 0 Å². The Kier molecular flexibility index (Phi) is 62.1. The van der Waals surface area contributed by atoms with E-state index in [0.29, 0.717) is 25.7 Å². The average Bonchev–Trinajstić information content (AvgIpc) is 3.61. The van der Waals surface area contributed by atoms with E-state index in [1.807, 2.05) is 0 Å². The summed E-state index contributed by atoms with van der Waals surface area (Å²) in [5.41, 5.74) is 0. The van der Waals surface area contributed by atoms with Gasteiger partial charge in [-0.1, -0.05) is 311 Å². The third-order valence-corrected chi connectivity index (χ3v) is 18.2. The number of phosphoric ester groups is 2. The van der Waals surface area contributed by atoms with Crippen molar-refractivity contribution in [3.8, 4) is 0 Å². The van der Waals surface area contributed by atoms with Crippen molar-refractivity contribution < 1.29 is 80.2 Å². The Morgan fingerprint density at radius 1 is 0.303 bits per heavy atom. The van der Waals surface area contributed by atoms with Crippen LogP contribution in [-0.2, 0) is 65.4 Å². The maximum atomic E-state index is 13.0. The second-order valence-corrected chi connectivity index (χ2v) is 28.7. The van der Waals surface area contributed by atoms with E-state index < -0.39 is 97.5 Å². The van der Waals surface area contributed by atoms with Crippen molar-refractivity contribution in [3.63, 3.8) is 0 Å². The van der Waals surface area contributed by atoms with Crippen LogP contribution in [0.2, 0.25) is 0 Å². The third-order valence-electron chi connectivity index (χ3n) is 16.3. The Labute approximate surface area is 543 Å². The molecule has 17 nitrogen and oxygen atoms in total. The predicted molar refractivity (Wildman–Crippen MR) is 358 cm³/mol. The molecule has 2 unspecified atom stereocenters. The molecule has 0 aromatic heterocycles. The number of rotatable bonds is 70. The molecule has 528 valence electrons. The molecule has 0 saturated heterocycles. The number of carbonyl (C=O) groups excluding carboxylic acids is 4.